The van der Waals surface area contributed by atoms with Gasteiger partial charge in [0.2, 0.25) is 0 Å². The molecule has 2 nitrogen and oxygen atoms in total. The third kappa shape index (κ3) is 2.56. The molecule has 0 radical (unpaired) electrons. The maximum absolute atomic E-state index is 5.80. The Morgan fingerprint density at radius 3 is 2.28 bits per heavy atom. The molecule has 0 unspecified atom stereocenters. The van der Waals surface area contributed by atoms with Gasteiger partial charge in [-0.25, -0.2) is 4.98 Å². The van der Waals surface area contributed by atoms with Gasteiger partial charge >= 0.3 is 0 Å². The number of aromatic nitrogens is 1. The van der Waals surface area contributed by atoms with E-state index in [1.165, 1.54) is 10.4 Å². The first-order valence-electron chi connectivity index (χ1n) is 6.28. The zero-order valence-corrected chi connectivity index (χ0v) is 12.3. The van der Waals surface area contributed by atoms with Gasteiger partial charge < -0.3 is 5.73 Å². The standard InChI is InChI=1S/C15H20N2S/c1-5-12-13(17-14(16)18-12)10-6-8-11(9-7-10)15(2,3)4/h6-9H,5H2,1-4H3,(H2,16,17). The van der Waals surface area contributed by atoms with Gasteiger partial charge in [-0.3, -0.25) is 0 Å². The Labute approximate surface area is 113 Å². The second-order valence-corrected chi connectivity index (χ2v) is 6.62. The number of thiazole rings is 1. The van der Waals surface area contributed by atoms with Crippen molar-refractivity contribution in [1.29, 1.82) is 0 Å². The number of hydrogen-bond donors (Lipinski definition) is 1. The summed E-state index contributed by atoms with van der Waals surface area (Å²) in [5.74, 6) is 0. The highest BCUT2D eigenvalue weighted by Gasteiger charge is 2.15. The molecule has 0 saturated heterocycles. The summed E-state index contributed by atoms with van der Waals surface area (Å²) < 4.78 is 0. The van der Waals surface area contributed by atoms with Crippen LogP contribution in [0.1, 0.15) is 38.1 Å². The lowest BCUT2D eigenvalue weighted by Crippen LogP contribution is -2.10. The van der Waals surface area contributed by atoms with Crippen LogP contribution in [0, 0.1) is 0 Å². The number of rotatable bonds is 2. The Kier molecular flexibility index (Phi) is 3.44. The van der Waals surface area contributed by atoms with Crippen molar-refractivity contribution in [2.45, 2.75) is 39.5 Å². The van der Waals surface area contributed by atoms with E-state index in [4.69, 9.17) is 5.73 Å². The Morgan fingerprint density at radius 2 is 1.78 bits per heavy atom. The van der Waals surface area contributed by atoms with Gasteiger partial charge in [0.25, 0.3) is 0 Å². The zero-order valence-electron chi connectivity index (χ0n) is 11.4. The molecule has 1 heterocycles. The van der Waals surface area contributed by atoms with Crippen LogP contribution in [0.25, 0.3) is 11.3 Å². The van der Waals surface area contributed by atoms with Crippen LogP contribution in [0.3, 0.4) is 0 Å². The van der Waals surface area contributed by atoms with Crippen molar-refractivity contribution in [2.24, 2.45) is 0 Å². The molecule has 3 heteroatoms. The second kappa shape index (κ2) is 4.73. The monoisotopic (exact) mass is 260 g/mol. The van der Waals surface area contributed by atoms with Crippen molar-refractivity contribution < 1.29 is 0 Å². The number of nitrogens with two attached hydrogens (primary N) is 1. The van der Waals surface area contributed by atoms with Crippen LogP contribution < -0.4 is 5.73 Å². The smallest absolute Gasteiger partial charge is 0.180 e. The number of aryl methyl sites for hydroxylation is 1. The van der Waals surface area contributed by atoms with E-state index < -0.39 is 0 Å². The Hall–Kier alpha value is -1.35. The van der Waals surface area contributed by atoms with Crippen LogP contribution in [0.15, 0.2) is 24.3 Å². The molecular formula is C15H20N2S. The second-order valence-electron chi connectivity index (χ2n) is 5.50. The van der Waals surface area contributed by atoms with Crippen LogP contribution in [-0.4, -0.2) is 4.98 Å². The molecule has 0 amide bonds. The molecule has 1 aromatic carbocycles. The normalized spacial score (nSPS) is 11.8. The molecule has 18 heavy (non-hydrogen) atoms. The Balaban J connectivity index is 2.40. The summed E-state index contributed by atoms with van der Waals surface area (Å²) in [6, 6.07) is 8.66. The first-order valence-corrected chi connectivity index (χ1v) is 7.09. The Morgan fingerprint density at radius 1 is 1.17 bits per heavy atom. The molecule has 0 saturated carbocycles. The molecule has 2 N–H and O–H groups in total. The number of benzene rings is 1. The molecule has 0 bridgehead atoms. The maximum atomic E-state index is 5.80. The summed E-state index contributed by atoms with van der Waals surface area (Å²) >= 11 is 1.59. The summed E-state index contributed by atoms with van der Waals surface area (Å²) in [5.41, 5.74) is 9.53. The number of nitrogens with zero attached hydrogens (tertiary/aromatic N) is 1. The molecular weight excluding hydrogens is 240 g/mol. The third-order valence-corrected chi connectivity index (χ3v) is 4.09. The molecule has 2 aromatic rings. The summed E-state index contributed by atoms with van der Waals surface area (Å²) in [4.78, 5) is 5.70. The fraction of sp³-hybridized carbons (Fsp3) is 0.400. The van der Waals surface area contributed by atoms with Crippen LogP contribution in [0.2, 0.25) is 0 Å². The molecule has 0 fully saturated rings. The molecule has 2 rings (SSSR count). The van der Waals surface area contributed by atoms with Crippen LogP contribution in [0.4, 0.5) is 5.13 Å². The fourth-order valence-corrected chi connectivity index (χ4v) is 2.76. The van der Waals surface area contributed by atoms with Gasteiger partial charge in [-0.15, -0.1) is 11.3 Å². The third-order valence-electron chi connectivity index (χ3n) is 3.06. The summed E-state index contributed by atoms with van der Waals surface area (Å²) in [7, 11) is 0. The van der Waals surface area contributed by atoms with E-state index >= 15 is 0 Å². The van der Waals surface area contributed by atoms with Crippen LogP contribution >= 0.6 is 11.3 Å². The SMILES string of the molecule is CCc1sc(N)nc1-c1ccc(C(C)(C)C)cc1. The van der Waals surface area contributed by atoms with Crippen molar-refractivity contribution in [2.75, 3.05) is 5.73 Å². The van der Waals surface area contributed by atoms with E-state index in [0.29, 0.717) is 5.13 Å². The largest absolute Gasteiger partial charge is 0.375 e. The summed E-state index contributed by atoms with van der Waals surface area (Å²) in [6.45, 7) is 8.81. The van der Waals surface area contributed by atoms with Gasteiger partial charge in [0.15, 0.2) is 5.13 Å². The van der Waals surface area contributed by atoms with Gasteiger partial charge in [-0.1, -0.05) is 52.0 Å². The van der Waals surface area contributed by atoms with E-state index in [9.17, 15) is 0 Å². The molecule has 0 aliphatic heterocycles. The zero-order chi connectivity index (χ0) is 13.3. The minimum Gasteiger partial charge on any atom is -0.375 e. The first-order chi connectivity index (χ1) is 8.41. The number of hydrogen-bond acceptors (Lipinski definition) is 3. The van der Waals surface area contributed by atoms with E-state index in [-0.39, 0.29) is 5.41 Å². The molecule has 1 aromatic heterocycles. The number of anilines is 1. The van der Waals surface area contributed by atoms with E-state index in [0.717, 1.165) is 17.7 Å². The van der Waals surface area contributed by atoms with E-state index in [1.807, 2.05) is 0 Å². The van der Waals surface area contributed by atoms with Gasteiger partial charge in [0.1, 0.15) is 0 Å². The van der Waals surface area contributed by atoms with Crippen molar-refractivity contribution in [3.05, 3.63) is 34.7 Å². The molecule has 0 atom stereocenters. The van der Waals surface area contributed by atoms with Gasteiger partial charge in [0, 0.05) is 10.4 Å². The Bertz CT molecular complexity index is 533. The fourth-order valence-electron chi connectivity index (χ4n) is 1.96. The predicted molar refractivity (Wildman–Crippen MR) is 80.0 cm³/mol. The lowest BCUT2D eigenvalue weighted by atomic mass is 9.86. The lowest BCUT2D eigenvalue weighted by molar-refractivity contribution is 0.590. The molecule has 0 spiro atoms. The van der Waals surface area contributed by atoms with E-state index in [2.05, 4.69) is 56.9 Å². The highest BCUT2D eigenvalue weighted by Crippen LogP contribution is 2.31. The topological polar surface area (TPSA) is 38.9 Å². The quantitative estimate of drug-likeness (QED) is 0.876. The maximum Gasteiger partial charge on any atom is 0.180 e. The van der Waals surface area contributed by atoms with Crippen molar-refractivity contribution in [3.8, 4) is 11.3 Å². The predicted octanol–water partition coefficient (Wildman–Crippen LogP) is 4.25. The molecule has 0 aliphatic carbocycles. The minimum atomic E-state index is 0.188. The van der Waals surface area contributed by atoms with Gasteiger partial charge in [-0.2, -0.15) is 0 Å². The van der Waals surface area contributed by atoms with Crippen LogP contribution in [0.5, 0.6) is 0 Å². The van der Waals surface area contributed by atoms with E-state index in [1.54, 1.807) is 11.3 Å². The summed E-state index contributed by atoms with van der Waals surface area (Å²) in [6.07, 6.45) is 0.977. The van der Waals surface area contributed by atoms with Crippen molar-refractivity contribution in [1.82, 2.24) is 4.98 Å². The highest BCUT2D eigenvalue weighted by molar-refractivity contribution is 7.15. The first kappa shape index (κ1) is 13.1. The average molecular weight is 260 g/mol. The average Bonchev–Trinajstić information content (AvgIpc) is 2.69. The molecule has 96 valence electrons. The van der Waals surface area contributed by atoms with Gasteiger partial charge in [0.05, 0.1) is 5.69 Å². The van der Waals surface area contributed by atoms with Crippen molar-refractivity contribution in [3.63, 3.8) is 0 Å². The van der Waals surface area contributed by atoms with Gasteiger partial charge in [-0.05, 0) is 17.4 Å². The highest BCUT2D eigenvalue weighted by atomic mass is 32.1. The molecule has 0 aliphatic rings. The minimum absolute atomic E-state index is 0.188. The lowest BCUT2D eigenvalue weighted by Gasteiger charge is -2.19. The number of nitrogen functional groups attached to an aromatic ring is 1. The summed E-state index contributed by atoms with van der Waals surface area (Å²) in [5, 5.41) is 0.654. The van der Waals surface area contributed by atoms with Crippen molar-refractivity contribution >= 4 is 16.5 Å². The van der Waals surface area contributed by atoms with Crippen LogP contribution in [-0.2, 0) is 11.8 Å².